The second-order valence-electron chi connectivity index (χ2n) is 6.48. The van der Waals surface area contributed by atoms with Crippen LogP contribution >= 0.6 is 0 Å². The first kappa shape index (κ1) is 20.5. The van der Waals surface area contributed by atoms with Gasteiger partial charge >= 0.3 is 5.97 Å². The zero-order valence-electron chi connectivity index (χ0n) is 16.4. The number of anilines is 1. The highest BCUT2D eigenvalue weighted by atomic mass is 16.5. The maximum atomic E-state index is 12.3. The summed E-state index contributed by atoms with van der Waals surface area (Å²) in [7, 11) is 0. The van der Waals surface area contributed by atoms with Crippen molar-refractivity contribution in [2.75, 3.05) is 11.9 Å². The van der Waals surface area contributed by atoms with E-state index in [-0.39, 0.29) is 12.3 Å². The van der Waals surface area contributed by atoms with E-state index in [1.54, 1.807) is 6.92 Å². The van der Waals surface area contributed by atoms with Crippen LogP contribution in [-0.4, -0.2) is 24.6 Å². The van der Waals surface area contributed by atoms with E-state index < -0.39 is 12.1 Å². The fraction of sp³-hybridized carbons (Fsp3) is 0.364. The number of para-hydroxylation sites is 1. The van der Waals surface area contributed by atoms with Crippen LogP contribution in [0.5, 0.6) is 5.75 Å². The molecule has 0 aromatic heterocycles. The monoisotopic (exact) mass is 369 g/mol. The fourth-order valence-corrected chi connectivity index (χ4v) is 2.74. The maximum Gasteiger partial charge on any atom is 0.306 e. The van der Waals surface area contributed by atoms with E-state index in [4.69, 9.17) is 9.47 Å². The van der Waals surface area contributed by atoms with E-state index in [9.17, 15) is 9.59 Å². The second-order valence-corrected chi connectivity index (χ2v) is 6.48. The zero-order valence-corrected chi connectivity index (χ0v) is 16.4. The molecule has 5 heteroatoms. The molecule has 0 heterocycles. The van der Waals surface area contributed by atoms with Crippen LogP contribution in [0.2, 0.25) is 0 Å². The normalized spacial score (nSPS) is 11.6. The summed E-state index contributed by atoms with van der Waals surface area (Å²) in [5, 5.41) is 2.81. The molecular formula is C22H27NO4. The van der Waals surface area contributed by atoms with Gasteiger partial charge in [0.05, 0.1) is 6.61 Å². The topological polar surface area (TPSA) is 64.6 Å². The van der Waals surface area contributed by atoms with Gasteiger partial charge in [-0.2, -0.15) is 0 Å². The minimum atomic E-state index is -0.861. The summed E-state index contributed by atoms with van der Waals surface area (Å²) in [5.41, 5.74) is 3.76. The molecule has 2 rings (SSSR count). The molecule has 2 aromatic rings. The molecule has 0 unspecified atom stereocenters. The van der Waals surface area contributed by atoms with Crippen molar-refractivity contribution in [2.45, 2.75) is 46.6 Å². The molecule has 5 nitrogen and oxygen atoms in total. The van der Waals surface area contributed by atoms with Crippen molar-refractivity contribution in [3.8, 4) is 5.75 Å². The Morgan fingerprint density at radius 3 is 2.56 bits per heavy atom. The van der Waals surface area contributed by atoms with Crippen molar-refractivity contribution < 1.29 is 19.1 Å². The number of rotatable bonds is 8. The van der Waals surface area contributed by atoms with E-state index in [1.807, 2.05) is 63.2 Å². The average molecular weight is 369 g/mol. The molecule has 144 valence electrons. The molecule has 1 N–H and O–H groups in total. The number of ether oxygens (including phenoxy) is 2. The number of carbonyl (C=O) groups excluding carboxylic acids is 2. The number of carbonyl (C=O) groups is 2. The van der Waals surface area contributed by atoms with Crippen molar-refractivity contribution in [2.24, 2.45) is 0 Å². The summed E-state index contributed by atoms with van der Waals surface area (Å²) in [4.78, 5) is 24.4. The summed E-state index contributed by atoms with van der Waals surface area (Å²) >= 11 is 0. The van der Waals surface area contributed by atoms with Crippen molar-refractivity contribution in [1.82, 2.24) is 0 Å². The molecular weight excluding hydrogens is 342 g/mol. The van der Waals surface area contributed by atoms with Gasteiger partial charge in [-0.3, -0.25) is 9.59 Å². The van der Waals surface area contributed by atoms with E-state index in [0.29, 0.717) is 13.0 Å². The van der Waals surface area contributed by atoms with Gasteiger partial charge in [0.15, 0.2) is 6.10 Å². The first-order chi connectivity index (χ1) is 12.9. The summed E-state index contributed by atoms with van der Waals surface area (Å²) in [6.45, 7) is 7.98. The molecule has 0 saturated carbocycles. The Morgan fingerprint density at radius 1 is 1.11 bits per heavy atom. The molecule has 0 fully saturated rings. The molecule has 0 saturated heterocycles. The molecule has 0 radical (unpaired) electrons. The lowest BCUT2D eigenvalue weighted by Gasteiger charge is -2.15. The van der Waals surface area contributed by atoms with E-state index in [1.165, 1.54) is 0 Å². The van der Waals surface area contributed by atoms with Crippen LogP contribution in [0.25, 0.3) is 0 Å². The van der Waals surface area contributed by atoms with Gasteiger partial charge < -0.3 is 14.8 Å². The first-order valence-corrected chi connectivity index (χ1v) is 9.19. The Hall–Kier alpha value is -2.82. The lowest BCUT2D eigenvalue weighted by molar-refractivity contribution is -0.153. The minimum Gasteiger partial charge on any atom is -0.494 e. The molecule has 0 spiro atoms. The van der Waals surface area contributed by atoms with Gasteiger partial charge in [-0.1, -0.05) is 35.9 Å². The third-order valence-electron chi connectivity index (χ3n) is 4.19. The van der Waals surface area contributed by atoms with Crippen molar-refractivity contribution in [3.63, 3.8) is 0 Å². The Morgan fingerprint density at radius 2 is 1.85 bits per heavy atom. The zero-order chi connectivity index (χ0) is 19.8. The Balaban J connectivity index is 1.87. The highest BCUT2D eigenvalue weighted by Gasteiger charge is 2.19. The average Bonchev–Trinajstić information content (AvgIpc) is 2.63. The van der Waals surface area contributed by atoms with Gasteiger partial charge in [-0.25, -0.2) is 0 Å². The van der Waals surface area contributed by atoms with Crippen LogP contribution < -0.4 is 10.1 Å². The smallest absolute Gasteiger partial charge is 0.306 e. The predicted octanol–water partition coefficient (Wildman–Crippen LogP) is 4.21. The fourth-order valence-electron chi connectivity index (χ4n) is 2.74. The summed E-state index contributed by atoms with van der Waals surface area (Å²) in [5.74, 6) is 0.0167. The van der Waals surface area contributed by atoms with Crippen LogP contribution in [0, 0.1) is 13.8 Å². The molecule has 1 atom stereocenters. The van der Waals surface area contributed by atoms with Crippen LogP contribution in [-0.2, 0) is 20.7 Å². The third kappa shape index (κ3) is 6.13. The van der Waals surface area contributed by atoms with Crippen LogP contribution in [0.4, 0.5) is 5.69 Å². The van der Waals surface area contributed by atoms with Gasteiger partial charge in [-0.05, 0) is 57.4 Å². The highest BCUT2D eigenvalue weighted by Crippen LogP contribution is 2.20. The van der Waals surface area contributed by atoms with E-state index in [2.05, 4.69) is 5.32 Å². The SMILES string of the molecule is CCOc1ccccc1CCC(=O)O[C@H](C)C(=O)Nc1ccc(C)cc1C. The third-order valence-corrected chi connectivity index (χ3v) is 4.19. The molecule has 0 aliphatic rings. The molecule has 0 bridgehead atoms. The number of hydrogen-bond donors (Lipinski definition) is 1. The predicted molar refractivity (Wildman–Crippen MR) is 106 cm³/mol. The molecule has 0 aliphatic heterocycles. The van der Waals surface area contributed by atoms with Crippen LogP contribution in [0.1, 0.15) is 37.0 Å². The van der Waals surface area contributed by atoms with Crippen LogP contribution in [0.3, 0.4) is 0 Å². The summed E-state index contributed by atoms with van der Waals surface area (Å²) in [6, 6.07) is 13.4. The molecule has 0 aliphatic carbocycles. The number of benzene rings is 2. The van der Waals surface area contributed by atoms with E-state index in [0.717, 1.165) is 28.1 Å². The van der Waals surface area contributed by atoms with Gasteiger partial charge in [0.1, 0.15) is 5.75 Å². The number of amides is 1. The highest BCUT2D eigenvalue weighted by molar-refractivity contribution is 5.95. The summed E-state index contributed by atoms with van der Waals surface area (Å²) < 4.78 is 10.8. The van der Waals surface area contributed by atoms with Gasteiger partial charge in [0.2, 0.25) is 0 Å². The lowest BCUT2D eigenvalue weighted by Crippen LogP contribution is -2.30. The van der Waals surface area contributed by atoms with E-state index >= 15 is 0 Å². The van der Waals surface area contributed by atoms with Gasteiger partial charge in [0, 0.05) is 12.1 Å². The Bertz CT molecular complexity index is 801. The number of aryl methyl sites for hydroxylation is 3. The van der Waals surface area contributed by atoms with Crippen molar-refractivity contribution in [3.05, 3.63) is 59.2 Å². The number of hydrogen-bond acceptors (Lipinski definition) is 4. The largest absolute Gasteiger partial charge is 0.494 e. The van der Waals surface area contributed by atoms with Crippen LogP contribution in [0.15, 0.2) is 42.5 Å². The first-order valence-electron chi connectivity index (χ1n) is 9.19. The molecule has 2 aromatic carbocycles. The number of nitrogens with one attached hydrogen (secondary N) is 1. The molecule has 27 heavy (non-hydrogen) atoms. The lowest BCUT2D eigenvalue weighted by atomic mass is 10.1. The minimum absolute atomic E-state index is 0.186. The second kappa shape index (κ2) is 9.76. The Labute approximate surface area is 160 Å². The Kier molecular flexibility index (Phi) is 7.41. The molecule has 1 amide bonds. The van der Waals surface area contributed by atoms with Gasteiger partial charge in [-0.15, -0.1) is 0 Å². The quantitative estimate of drug-likeness (QED) is 0.708. The number of esters is 1. The van der Waals surface area contributed by atoms with Crippen molar-refractivity contribution in [1.29, 1.82) is 0 Å². The van der Waals surface area contributed by atoms with Crippen molar-refractivity contribution >= 4 is 17.6 Å². The maximum absolute atomic E-state index is 12.3. The van der Waals surface area contributed by atoms with Gasteiger partial charge in [0.25, 0.3) is 5.91 Å². The summed E-state index contributed by atoms with van der Waals surface area (Å²) in [6.07, 6.45) is -0.175. The standard InChI is InChI=1S/C22H27NO4/c1-5-26-20-9-7-6-8-18(20)11-13-21(24)27-17(4)22(25)23-19-12-10-15(2)14-16(19)3/h6-10,12,14,17H,5,11,13H2,1-4H3,(H,23,25)/t17-/m1/s1.